The summed E-state index contributed by atoms with van der Waals surface area (Å²) in [7, 11) is 0. The van der Waals surface area contributed by atoms with Crippen molar-refractivity contribution < 1.29 is 43.6 Å². The number of unbranched alkanes of at least 4 members (excludes halogenated alkanes) is 2. The third-order valence-corrected chi connectivity index (χ3v) is 11.8. The summed E-state index contributed by atoms with van der Waals surface area (Å²) >= 11 is 0. The number of ketones is 1. The molecule has 4 atom stereocenters. The van der Waals surface area contributed by atoms with E-state index < -0.39 is 23.7 Å². The number of carbonyl (C=O) groups excluding carboxylic acids is 4. The molecule has 2 aromatic carbocycles. The van der Waals surface area contributed by atoms with Crippen molar-refractivity contribution in [1.29, 1.82) is 0 Å². The lowest BCUT2D eigenvalue weighted by atomic mass is 9.83. The van der Waals surface area contributed by atoms with Crippen molar-refractivity contribution in [2.24, 2.45) is 5.92 Å². The first kappa shape index (κ1) is 40.6. The molecule has 0 radical (unpaired) electrons. The van der Waals surface area contributed by atoms with E-state index in [1.807, 2.05) is 15.5 Å². The summed E-state index contributed by atoms with van der Waals surface area (Å²) < 4.78 is 18.7. The number of amides is 2. The molecule has 4 aliphatic heterocycles. The van der Waals surface area contributed by atoms with Gasteiger partial charge in [-0.25, -0.2) is 4.79 Å². The maximum Gasteiger partial charge on any atom is 0.342 e. The van der Waals surface area contributed by atoms with Crippen LogP contribution in [0, 0.1) is 5.92 Å². The number of hydrogen-bond acceptors (Lipinski definition) is 10. The van der Waals surface area contributed by atoms with Crippen LogP contribution >= 0.6 is 0 Å². The van der Waals surface area contributed by atoms with Gasteiger partial charge < -0.3 is 39.2 Å². The molecule has 2 amide bonds. The number of aromatic hydroxyl groups is 2. The first-order chi connectivity index (χ1) is 28.0. The molecule has 1 aromatic heterocycles. The highest BCUT2D eigenvalue weighted by Crippen LogP contribution is 2.46. The third kappa shape index (κ3) is 9.40. The van der Waals surface area contributed by atoms with Gasteiger partial charge in [0.25, 0.3) is 5.56 Å². The molecule has 58 heavy (non-hydrogen) atoms. The fourth-order valence-electron chi connectivity index (χ4n) is 8.86. The summed E-state index contributed by atoms with van der Waals surface area (Å²) in [4.78, 5) is 67.1. The van der Waals surface area contributed by atoms with Crippen molar-refractivity contribution in [3.8, 4) is 23.0 Å². The standard InChI is InChI=1S/C45H53N3O10/c1-28-10-8-13-33(49)12-5-2-4-11-31-21-36(50)43(44(54)42(31)45(55)58-28)34(30-17-18-37-38(22-30)57-27-56-37)23-39(51)46-19-7-3-6-15-40(52)47-24-29-20-32(26-47)35-14-9-16-41(53)48(35)25-29/h4,9,11,14,16-18,21-22,28-29,32,34,50,54H,2-3,5-8,10,12-13,15,19-20,23-27H2,1H3,(H,46,51)/t28-,29+,32-,34?/m0/s1. The van der Waals surface area contributed by atoms with Crippen LogP contribution in [-0.4, -0.2) is 75.8 Å². The molecule has 2 bridgehead atoms. The molecule has 0 aliphatic carbocycles. The number of aromatic nitrogens is 1. The number of allylic oxidation sites excluding steroid dienone is 1. The Kier molecular flexibility index (Phi) is 12.8. The second kappa shape index (κ2) is 18.3. The molecule has 3 N–H and O–H groups in total. The molecule has 1 fully saturated rings. The minimum absolute atomic E-state index is 0.00777. The molecule has 5 heterocycles. The molecule has 1 saturated heterocycles. The zero-order chi connectivity index (χ0) is 40.8. The highest BCUT2D eigenvalue weighted by Gasteiger charge is 2.36. The van der Waals surface area contributed by atoms with Crippen LogP contribution in [0.1, 0.15) is 129 Å². The van der Waals surface area contributed by atoms with Gasteiger partial charge in [-0.1, -0.05) is 30.7 Å². The van der Waals surface area contributed by atoms with Crippen molar-refractivity contribution in [3.63, 3.8) is 0 Å². The van der Waals surface area contributed by atoms with Crippen molar-refractivity contribution in [2.45, 2.75) is 108 Å². The SMILES string of the molecule is C[C@H]1CCCC(=O)CCCC=Cc2cc(O)c(C(CC(=O)NCCCCCC(=O)N3C[C@H]4C[C@@H](C3)c3cccc(=O)n3C4)c3ccc4c(c3)OCO4)c(O)c2C(=O)O1. The third-order valence-electron chi connectivity index (χ3n) is 11.8. The summed E-state index contributed by atoms with van der Waals surface area (Å²) in [6.45, 7) is 4.06. The predicted molar refractivity (Wildman–Crippen MR) is 215 cm³/mol. The Balaban J connectivity index is 1.01. The number of Topliss-reactive ketones (excluding diaryl/α,β-unsaturated/α-hetero) is 1. The number of carbonyl (C=O) groups is 4. The normalized spacial score (nSPS) is 21.0. The van der Waals surface area contributed by atoms with E-state index >= 15 is 0 Å². The molecule has 13 heteroatoms. The lowest BCUT2D eigenvalue weighted by molar-refractivity contribution is -0.134. The van der Waals surface area contributed by atoms with Crippen LogP contribution in [0.15, 0.2) is 53.3 Å². The molecule has 0 spiro atoms. The lowest BCUT2D eigenvalue weighted by Crippen LogP contribution is -2.49. The zero-order valence-electron chi connectivity index (χ0n) is 33.1. The Morgan fingerprint density at radius 3 is 2.64 bits per heavy atom. The number of nitrogens with one attached hydrogen (secondary N) is 1. The highest BCUT2D eigenvalue weighted by atomic mass is 16.7. The van der Waals surface area contributed by atoms with E-state index in [9.17, 15) is 34.2 Å². The van der Waals surface area contributed by atoms with Gasteiger partial charge in [0.05, 0.1) is 6.10 Å². The number of rotatable bonds is 10. The molecule has 1 unspecified atom stereocenters. The number of ether oxygens (including phenoxy) is 3. The van der Waals surface area contributed by atoms with E-state index in [2.05, 4.69) is 5.32 Å². The van der Waals surface area contributed by atoms with Gasteiger partial charge in [-0.05, 0) is 93.2 Å². The van der Waals surface area contributed by atoms with Gasteiger partial charge in [0.1, 0.15) is 22.8 Å². The van der Waals surface area contributed by atoms with Crippen LogP contribution in [0.4, 0.5) is 0 Å². The first-order valence-electron chi connectivity index (χ1n) is 20.7. The maximum absolute atomic E-state index is 13.7. The molecular formula is C45H53N3O10. The number of cyclic esters (lactones) is 1. The van der Waals surface area contributed by atoms with Crippen LogP contribution in [0.2, 0.25) is 0 Å². The zero-order valence-corrected chi connectivity index (χ0v) is 33.1. The number of phenolic OH excluding ortho intramolecular Hbond substituents is 2. The molecule has 7 rings (SSSR count). The molecule has 13 nitrogen and oxygen atoms in total. The molecule has 4 aliphatic rings. The van der Waals surface area contributed by atoms with Gasteiger partial charge in [-0.2, -0.15) is 0 Å². The first-order valence-corrected chi connectivity index (χ1v) is 20.7. The Morgan fingerprint density at radius 2 is 1.78 bits per heavy atom. The summed E-state index contributed by atoms with van der Waals surface area (Å²) in [5.41, 5.74) is 1.75. The average Bonchev–Trinajstić information content (AvgIpc) is 3.67. The van der Waals surface area contributed by atoms with Crippen LogP contribution < -0.4 is 20.3 Å². The number of benzene rings is 2. The average molecular weight is 796 g/mol. The summed E-state index contributed by atoms with van der Waals surface area (Å²) in [5, 5.41) is 26.4. The fraction of sp³-hybridized carbons (Fsp3) is 0.489. The van der Waals surface area contributed by atoms with E-state index in [-0.39, 0.29) is 70.6 Å². The van der Waals surface area contributed by atoms with Crippen molar-refractivity contribution >= 4 is 29.6 Å². The van der Waals surface area contributed by atoms with Gasteiger partial charge in [0.15, 0.2) is 11.5 Å². The number of fused-ring (bicyclic) bond motifs is 6. The Bertz CT molecular complexity index is 2130. The highest BCUT2D eigenvalue weighted by molar-refractivity contribution is 5.98. The van der Waals surface area contributed by atoms with Gasteiger partial charge in [0, 0.05) is 81.0 Å². The number of likely N-dealkylation sites (tertiary alicyclic amines) is 1. The van der Waals surface area contributed by atoms with Crippen LogP contribution in [-0.2, 0) is 25.7 Å². The monoisotopic (exact) mass is 795 g/mol. The second-order valence-corrected chi connectivity index (χ2v) is 16.1. The molecular weight excluding hydrogens is 743 g/mol. The van der Waals surface area contributed by atoms with Crippen LogP contribution in [0.5, 0.6) is 23.0 Å². The largest absolute Gasteiger partial charge is 0.507 e. The van der Waals surface area contributed by atoms with Crippen molar-refractivity contribution in [3.05, 3.63) is 86.8 Å². The number of phenols is 2. The topological polar surface area (TPSA) is 174 Å². The quantitative estimate of drug-likeness (QED) is 0.156. The van der Waals surface area contributed by atoms with E-state index in [0.29, 0.717) is 101 Å². The summed E-state index contributed by atoms with van der Waals surface area (Å²) in [5.74, 6) is -1.07. The van der Waals surface area contributed by atoms with E-state index in [0.717, 1.165) is 18.5 Å². The minimum Gasteiger partial charge on any atom is -0.507 e. The van der Waals surface area contributed by atoms with Gasteiger partial charge in [-0.15, -0.1) is 0 Å². The smallest absolute Gasteiger partial charge is 0.342 e. The Labute approximate surface area is 338 Å². The van der Waals surface area contributed by atoms with Crippen LogP contribution in [0.3, 0.4) is 0 Å². The molecule has 308 valence electrons. The van der Waals surface area contributed by atoms with Gasteiger partial charge in [-0.3, -0.25) is 19.2 Å². The molecule has 0 saturated carbocycles. The van der Waals surface area contributed by atoms with Crippen molar-refractivity contribution in [1.82, 2.24) is 14.8 Å². The fourth-order valence-corrected chi connectivity index (χ4v) is 8.86. The number of piperidine rings is 1. The van der Waals surface area contributed by atoms with Crippen LogP contribution in [0.25, 0.3) is 6.08 Å². The Hall–Kier alpha value is -5.59. The van der Waals surface area contributed by atoms with E-state index in [4.69, 9.17) is 14.2 Å². The lowest BCUT2D eigenvalue weighted by Gasteiger charge is -2.42. The van der Waals surface area contributed by atoms with Gasteiger partial charge >= 0.3 is 5.97 Å². The minimum atomic E-state index is -0.889. The Morgan fingerprint density at radius 1 is 0.948 bits per heavy atom. The maximum atomic E-state index is 13.7. The number of hydrogen-bond donors (Lipinski definition) is 3. The number of pyridine rings is 1. The number of esters is 1. The molecule has 3 aromatic rings. The predicted octanol–water partition coefficient (Wildman–Crippen LogP) is 6.31. The summed E-state index contributed by atoms with van der Waals surface area (Å²) in [6, 6.07) is 11.9. The van der Waals surface area contributed by atoms with Gasteiger partial charge in [0.2, 0.25) is 18.6 Å². The second-order valence-electron chi connectivity index (χ2n) is 16.1. The summed E-state index contributed by atoms with van der Waals surface area (Å²) in [6.07, 6.45) is 9.30. The van der Waals surface area contributed by atoms with E-state index in [1.54, 1.807) is 49.4 Å². The number of nitrogens with zero attached hydrogens (tertiary/aromatic N) is 2. The van der Waals surface area contributed by atoms with E-state index in [1.165, 1.54) is 6.07 Å². The van der Waals surface area contributed by atoms with Crippen molar-refractivity contribution in [2.75, 3.05) is 26.4 Å².